The zero-order chi connectivity index (χ0) is 16.9. The molecule has 1 aliphatic rings. The predicted octanol–water partition coefficient (Wildman–Crippen LogP) is 4.04. The fourth-order valence-electron chi connectivity index (χ4n) is 3.52. The van der Waals surface area contributed by atoms with Crippen molar-refractivity contribution in [1.82, 2.24) is 9.88 Å². The first kappa shape index (κ1) is 17.3. The molecule has 0 amide bonds. The molecule has 0 radical (unpaired) electrons. The number of hydrogen-bond donors (Lipinski definition) is 0. The lowest BCUT2D eigenvalue weighted by Gasteiger charge is -2.31. The molecule has 1 fully saturated rings. The molecule has 0 saturated carbocycles. The van der Waals surface area contributed by atoms with E-state index in [1.165, 1.54) is 10.6 Å². The second-order valence-electron chi connectivity index (χ2n) is 6.66. The number of aryl methyl sites for hydroxylation is 2. The van der Waals surface area contributed by atoms with Crippen molar-refractivity contribution in [2.75, 3.05) is 13.1 Å². The van der Waals surface area contributed by atoms with Gasteiger partial charge in [-0.1, -0.05) is 37.3 Å². The molecule has 0 unspecified atom stereocenters. The summed E-state index contributed by atoms with van der Waals surface area (Å²) < 4.78 is 0. The Morgan fingerprint density at radius 2 is 2.12 bits per heavy atom. The molecular weight excluding hydrogens is 316 g/mol. The summed E-state index contributed by atoms with van der Waals surface area (Å²) in [5.74, 6) is 0.570. The van der Waals surface area contributed by atoms with Crippen molar-refractivity contribution in [2.24, 2.45) is 5.92 Å². The van der Waals surface area contributed by atoms with E-state index >= 15 is 0 Å². The monoisotopic (exact) mass is 342 g/mol. The van der Waals surface area contributed by atoms with Crippen LogP contribution >= 0.6 is 11.3 Å². The number of ketones is 1. The van der Waals surface area contributed by atoms with Gasteiger partial charge in [0.25, 0.3) is 0 Å². The molecule has 24 heavy (non-hydrogen) atoms. The smallest absolute Gasteiger partial charge is 0.141 e. The van der Waals surface area contributed by atoms with Crippen LogP contribution in [0.15, 0.2) is 30.3 Å². The molecule has 1 saturated heterocycles. The van der Waals surface area contributed by atoms with E-state index in [9.17, 15) is 4.79 Å². The molecule has 1 atom stereocenters. The first-order valence-corrected chi connectivity index (χ1v) is 9.71. The van der Waals surface area contributed by atoms with Gasteiger partial charge < -0.3 is 0 Å². The summed E-state index contributed by atoms with van der Waals surface area (Å²) in [6, 6.07) is 10.1. The number of carbonyl (C=O) groups is 1. The normalized spacial score (nSPS) is 18.7. The van der Waals surface area contributed by atoms with Gasteiger partial charge in [0.15, 0.2) is 0 Å². The minimum atomic E-state index is 0.179. The third-order valence-corrected chi connectivity index (χ3v) is 5.77. The van der Waals surface area contributed by atoms with Gasteiger partial charge >= 0.3 is 0 Å². The Morgan fingerprint density at radius 3 is 2.88 bits per heavy atom. The van der Waals surface area contributed by atoms with Crippen molar-refractivity contribution in [2.45, 2.75) is 46.1 Å². The van der Waals surface area contributed by atoms with Gasteiger partial charge in [-0.3, -0.25) is 9.69 Å². The number of likely N-dealkylation sites (tertiary alicyclic amines) is 1. The molecule has 2 aromatic rings. The molecule has 1 aromatic heterocycles. The first-order valence-electron chi connectivity index (χ1n) is 8.90. The minimum absolute atomic E-state index is 0.179. The number of benzene rings is 1. The molecule has 0 N–H and O–H groups in total. The maximum atomic E-state index is 12.7. The fraction of sp³-hybridized carbons (Fsp3) is 0.500. The highest BCUT2D eigenvalue weighted by Crippen LogP contribution is 2.25. The highest BCUT2D eigenvalue weighted by atomic mass is 32.1. The second kappa shape index (κ2) is 8.04. The molecule has 2 heterocycles. The Balaban J connectivity index is 1.60. The van der Waals surface area contributed by atoms with Crippen molar-refractivity contribution in [1.29, 1.82) is 0 Å². The molecule has 0 aliphatic carbocycles. The van der Waals surface area contributed by atoms with Crippen molar-refractivity contribution >= 4 is 17.1 Å². The van der Waals surface area contributed by atoms with Crippen LogP contribution in [0.4, 0.5) is 0 Å². The zero-order valence-electron chi connectivity index (χ0n) is 14.6. The summed E-state index contributed by atoms with van der Waals surface area (Å²) in [5, 5.41) is 1.15. The molecule has 0 bridgehead atoms. The number of Topliss-reactive ketones (excluding diaryl/α,β-unsaturated/α-hetero) is 1. The van der Waals surface area contributed by atoms with Crippen LogP contribution in [0.5, 0.6) is 0 Å². The fourth-order valence-corrected chi connectivity index (χ4v) is 4.59. The van der Waals surface area contributed by atoms with Gasteiger partial charge in [-0.25, -0.2) is 4.98 Å². The third kappa shape index (κ3) is 4.31. The first-order chi connectivity index (χ1) is 11.7. The average molecular weight is 343 g/mol. The number of piperidine rings is 1. The highest BCUT2D eigenvalue weighted by molar-refractivity contribution is 7.11. The molecule has 1 aliphatic heterocycles. The number of carbonyl (C=O) groups excluding carboxylic acids is 1. The number of thiazole rings is 1. The molecule has 4 heteroatoms. The molecule has 128 valence electrons. The lowest BCUT2D eigenvalue weighted by Crippen LogP contribution is -2.38. The number of nitrogens with zero attached hydrogens (tertiary/aromatic N) is 2. The van der Waals surface area contributed by atoms with Crippen molar-refractivity contribution in [3.63, 3.8) is 0 Å². The number of aromatic nitrogens is 1. The van der Waals surface area contributed by atoms with Crippen molar-refractivity contribution in [3.8, 4) is 0 Å². The van der Waals surface area contributed by atoms with Crippen molar-refractivity contribution < 1.29 is 4.79 Å². The largest absolute Gasteiger partial charge is 0.299 e. The Kier molecular flexibility index (Phi) is 5.80. The van der Waals surface area contributed by atoms with Gasteiger partial charge in [-0.15, -0.1) is 11.3 Å². The van der Waals surface area contributed by atoms with Crippen LogP contribution in [0, 0.1) is 12.8 Å². The third-order valence-electron chi connectivity index (χ3n) is 4.77. The standard InChI is InChI=1S/C20H26N2OS/c1-3-18-20(24-15(2)21-18)14-22-11-7-10-17(13-22)19(23)12-16-8-5-4-6-9-16/h4-6,8-9,17H,3,7,10-14H2,1-2H3/t17-/m1/s1. The summed E-state index contributed by atoms with van der Waals surface area (Å²) in [6.07, 6.45) is 3.71. The SMILES string of the molecule is CCc1nc(C)sc1CN1CCC[C@@H](C(=O)Cc2ccccc2)C1. The average Bonchev–Trinajstić information content (AvgIpc) is 2.95. The van der Waals surface area contributed by atoms with Gasteiger partial charge in [0.1, 0.15) is 5.78 Å². The van der Waals surface area contributed by atoms with E-state index in [4.69, 9.17) is 0 Å². The molecule has 3 rings (SSSR count). The minimum Gasteiger partial charge on any atom is -0.299 e. The van der Waals surface area contributed by atoms with Gasteiger partial charge in [-0.2, -0.15) is 0 Å². The Morgan fingerprint density at radius 1 is 1.33 bits per heavy atom. The van der Waals surface area contributed by atoms with Gasteiger partial charge in [0, 0.05) is 30.3 Å². The molecule has 3 nitrogen and oxygen atoms in total. The van der Waals surface area contributed by atoms with Crippen LogP contribution in [-0.2, 0) is 24.2 Å². The van der Waals surface area contributed by atoms with Gasteiger partial charge in [0.2, 0.25) is 0 Å². The summed E-state index contributed by atoms with van der Waals surface area (Å²) in [5.41, 5.74) is 2.36. The van der Waals surface area contributed by atoms with E-state index in [0.717, 1.165) is 49.5 Å². The topological polar surface area (TPSA) is 33.2 Å². The highest BCUT2D eigenvalue weighted by Gasteiger charge is 2.26. The summed E-state index contributed by atoms with van der Waals surface area (Å²) >= 11 is 1.81. The van der Waals surface area contributed by atoms with Crippen LogP contribution in [0.1, 0.15) is 40.9 Å². The summed E-state index contributed by atoms with van der Waals surface area (Å²) in [4.78, 5) is 21.1. The van der Waals surface area contributed by atoms with E-state index in [1.54, 1.807) is 0 Å². The molecule has 1 aromatic carbocycles. The lowest BCUT2D eigenvalue weighted by atomic mass is 9.90. The Labute approximate surface area is 148 Å². The zero-order valence-corrected chi connectivity index (χ0v) is 15.4. The summed E-state index contributed by atoms with van der Waals surface area (Å²) in [6.45, 7) is 7.18. The maximum absolute atomic E-state index is 12.7. The lowest BCUT2D eigenvalue weighted by molar-refractivity contribution is -0.123. The van der Waals surface area contributed by atoms with Gasteiger partial charge in [-0.05, 0) is 38.3 Å². The van der Waals surface area contributed by atoms with Crippen LogP contribution < -0.4 is 0 Å². The maximum Gasteiger partial charge on any atom is 0.141 e. The van der Waals surface area contributed by atoms with Crippen molar-refractivity contribution in [3.05, 3.63) is 51.5 Å². The Hall–Kier alpha value is -1.52. The Bertz CT molecular complexity index is 680. The van der Waals surface area contributed by atoms with E-state index in [-0.39, 0.29) is 5.92 Å². The van der Waals surface area contributed by atoms with E-state index in [0.29, 0.717) is 12.2 Å². The molecular formula is C20H26N2OS. The summed E-state index contributed by atoms with van der Waals surface area (Å²) in [7, 11) is 0. The van der Waals surface area contributed by atoms with Crippen LogP contribution in [0.3, 0.4) is 0 Å². The number of rotatable bonds is 6. The van der Waals surface area contributed by atoms with Gasteiger partial charge in [0.05, 0.1) is 10.7 Å². The van der Waals surface area contributed by atoms with E-state index in [2.05, 4.69) is 23.7 Å². The van der Waals surface area contributed by atoms with E-state index < -0.39 is 0 Å². The van der Waals surface area contributed by atoms with Crippen LogP contribution in [-0.4, -0.2) is 28.8 Å². The quantitative estimate of drug-likeness (QED) is 0.794. The second-order valence-corrected chi connectivity index (χ2v) is 7.95. The predicted molar refractivity (Wildman–Crippen MR) is 99.4 cm³/mol. The molecule has 0 spiro atoms. The number of hydrogen-bond acceptors (Lipinski definition) is 4. The van der Waals surface area contributed by atoms with Crippen LogP contribution in [0.2, 0.25) is 0 Å². The van der Waals surface area contributed by atoms with E-state index in [1.807, 2.05) is 41.7 Å². The van der Waals surface area contributed by atoms with Crippen LogP contribution in [0.25, 0.3) is 0 Å².